The summed E-state index contributed by atoms with van der Waals surface area (Å²) in [6.07, 6.45) is 2.64. The SMILES string of the molecule is c1ccc2c(c1)CC(CN1CCCSCC1)S2. The standard InChI is InChI=1S/C14H19NS2/c1-2-5-14-12(4-1)10-13(17-14)11-15-6-3-8-16-9-7-15/h1-2,4-5,13H,3,6-11H2. The fraction of sp³-hybridized carbons (Fsp3) is 0.571. The number of benzene rings is 1. The average molecular weight is 265 g/mol. The summed E-state index contributed by atoms with van der Waals surface area (Å²) in [6.45, 7) is 3.87. The Morgan fingerprint density at radius 3 is 3.06 bits per heavy atom. The molecule has 2 heterocycles. The highest BCUT2D eigenvalue weighted by Crippen LogP contribution is 2.37. The van der Waals surface area contributed by atoms with Crippen molar-refractivity contribution in [2.24, 2.45) is 0 Å². The quantitative estimate of drug-likeness (QED) is 0.809. The highest BCUT2D eigenvalue weighted by molar-refractivity contribution is 8.00. The third-order valence-corrected chi connectivity index (χ3v) is 5.84. The van der Waals surface area contributed by atoms with E-state index >= 15 is 0 Å². The number of fused-ring (bicyclic) bond motifs is 1. The molecule has 1 aromatic carbocycles. The summed E-state index contributed by atoms with van der Waals surface area (Å²) in [5.41, 5.74) is 1.56. The van der Waals surface area contributed by atoms with E-state index < -0.39 is 0 Å². The Kier molecular flexibility index (Phi) is 3.99. The number of thioether (sulfide) groups is 2. The minimum absolute atomic E-state index is 0.787. The van der Waals surface area contributed by atoms with Crippen molar-refractivity contribution in [3.05, 3.63) is 29.8 Å². The monoisotopic (exact) mass is 265 g/mol. The van der Waals surface area contributed by atoms with Crippen LogP contribution in [0.2, 0.25) is 0 Å². The Balaban J connectivity index is 1.57. The van der Waals surface area contributed by atoms with Gasteiger partial charge in [0.2, 0.25) is 0 Å². The molecule has 0 amide bonds. The van der Waals surface area contributed by atoms with E-state index in [1.54, 1.807) is 5.56 Å². The number of rotatable bonds is 2. The van der Waals surface area contributed by atoms with Crippen LogP contribution in [-0.2, 0) is 6.42 Å². The van der Waals surface area contributed by atoms with Crippen LogP contribution in [0.4, 0.5) is 0 Å². The summed E-state index contributed by atoms with van der Waals surface area (Å²) in [5.74, 6) is 2.68. The molecule has 0 bridgehead atoms. The van der Waals surface area contributed by atoms with Crippen molar-refractivity contribution in [3.63, 3.8) is 0 Å². The molecule has 0 aromatic heterocycles. The summed E-state index contributed by atoms with van der Waals surface area (Å²) in [4.78, 5) is 4.19. The van der Waals surface area contributed by atoms with Crippen LogP contribution in [0.3, 0.4) is 0 Å². The van der Waals surface area contributed by atoms with Gasteiger partial charge in [-0.25, -0.2) is 0 Å². The van der Waals surface area contributed by atoms with Gasteiger partial charge in [-0.05, 0) is 36.8 Å². The van der Waals surface area contributed by atoms with Crippen LogP contribution >= 0.6 is 23.5 Å². The number of nitrogens with zero attached hydrogens (tertiary/aromatic N) is 1. The average Bonchev–Trinajstić information content (AvgIpc) is 2.57. The Hall–Kier alpha value is -0.120. The van der Waals surface area contributed by atoms with E-state index in [-0.39, 0.29) is 0 Å². The zero-order valence-corrected chi connectivity index (χ0v) is 11.7. The molecular formula is C14H19NS2. The van der Waals surface area contributed by atoms with Gasteiger partial charge < -0.3 is 4.90 Å². The summed E-state index contributed by atoms with van der Waals surface area (Å²) in [6, 6.07) is 8.90. The maximum absolute atomic E-state index is 2.67. The van der Waals surface area contributed by atoms with Crippen LogP contribution in [0.25, 0.3) is 0 Å². The lowest BCUT2D eigenvalue weighted by Gasteiger charge is -2.22. The molecule has 3 rings (SSSR count). The minimum atomic E-state index is 0.787. The second-order valence-corrected chi connectivity index (χ2v) is 7.39. The van der Waals surface area contributed by atoms with E-state index in [9.17, 15) is 0 Å². The molecule has 0 N–H and O–H groups in total. The zero-order chi connectivity index (χ0) is 11.5. The van der Waals surface area contributed by atoms with Crippen molar-refractivity contribution in [2.45, 2.75) is 23.0 Å². The molecule has 1 fully saturated rings. The summed E-state index contributed by atoms with van der Waals surface area (Å²) in [7, 11) is 0. The van der Waals surface area contributed by atoms with Crippen LogP contribution in [0.15, 0.2) is 29.2 Å². The third kappa shape index (κ3) is 3.01. The third-order valence-electron chi connectivity index (χ3n) is 3.49. The summed E-state index contributed by atoms with van der Waals surface area (Å²) >= 11 is 4.20. The van der Waals surface area contributed by atoms with Crippen molar-refractivity contribution in [2.75, 3.05) is 31.1 Å². The van der Waals surface area contributed by atoms with Gasteiger partial charge in [0.15, 0.2) is 0 Å². The molecule has 0 spiro atoms. The fourth-order valence-corrected chi connectivity index (χ4v) is 4.92. The van der Waals surface area contributed by atoms with Gasteiger partial charge in [-0.1, -0.05) is 18.2 Å². The summed E-state index contributed by atoms with van der Waals surface area (Å²) < 4.78 is 0. The highest BCUT2D eigenvalue weighted by Gasteiger charge is 2.24. The van der Waals surface area contributed by atoms with Gasteiger partial charge in [-0.3, -0.25) is 0 Å². The van der Waals surface area contributed by atoms with E-state index in [1.807, 2.05) is 0 Å². The molecule has 0 radical (unpaired) electrons. The minimum Gasteiger partial charge on any atom is -0.301 e. The van der Waals surface area contributed by atoms with Gasteiger partial charge >= 0.3 is 0 Å². The van der Waals surface area contributed by atoms with E-state index in [0.717, 1.165) is 5.25 Å². The van der Waals surface area contributed by atoms with E-state index in [4.69, 9.17) is 0 Å². The molecule has 3 heteroatoms. The molecule has 17 heavy (non-hydrogen) atoms. The second-order valence-electron chi connectivity index (χ2n) is 4.82. The number of hydrogen-bond acceptors (Lipinski definition) is 3. The van der Waals surface area contributed by atoms with Gasteiger partial charge in [0.1, 0.15) is 0 Å². The van der Waals surface area contributed by atoms with Gasteiger partial charge in [0, 0.05) is 29.0 Å². The second kappa shape index (κ2) is 5.68. The smallest absolute Gasteiger partial charge is 0.0263 e. The molecule has 0 aliphatic carbocycles. The molecule has 92 valence electrons. The largest absolute Gasteiger partial charge is 0.301 e. The zero-order valence-electron chi connectivity index (χ0n) is 10.1. The molecular weight excluding hydrogens is 246 g/mol. The Morgan fingerprint density at radius 2 is 2.12 bits per heavy atom. The number of hydrogen-bond donors (Lipinski definition) is 0. The first-order valence-corrected chi connectivity index (χ1v) is 8.50. The van der Waals surface area contributed by atoms with Crippen LogP contribution in [0, 0.1) is 0 Å². The van der Waals surface area contributed by atoms with Gasteiger partial charge in [0.05, 0.1) is 0 Å². The first-order chi connectivity index (χ1) is 8.42. The van der Waals surface area contributed by atoms with E-state index in [1.165, 1.54) is 48.9 Å². The lowest BCUT2D eigenvalue weighted by Crippen LogP contribution is -2.32. The first-order valence-electron chi connectivity index (χ1n) is 6.46. The fourth-order valence-electron chi connectivity index (χ4n) is 2.62. The van der Waals surface area contributed by atoms with Crippen LogP contribution in [0.5, 0.6) is 0 Å². The molecule has 1 nitrogen and oxygen atoms in total. The molecule has 2 aliphatic heterocycles. The summed E-state index contributed by atoms with van der Waals surface area (Å²) in [5, 5.41) is 0.787. The topological polar surface area (TPSA) is 3.24 Å². The Morgan fingerprint density at radius 1 is 1.18 bits per heavy atom. The first kappa shape index (κ1) is 11.9. The maximum Gasteiger partial charge on any atom is 0.0263 e. The van der Waals surface area contributed by atoms with Crippen molar-refractivity contribution < 1.29 is 0 Å². The van der Waals surface area contributed by atoms with Gasteiger partial charge in [-0.15, -0.1) is 11.8 Å². The van der Waals surface area contributed by atoms with Crippen molar-refractivity contribution >= 4 is 23.5 Å². The van der Waals surface area contributed by atoms with E-state index in [2.05, 4.69) is 52.7 Å². The Bertz CT molecular complexity index is 347. The Labute approximate surface area is 112 Å². The van der Waals surface area contributed by atoms with Crippen LogP contribution in [-0.4, -0.2) is 41.3 Å². The van der Waals surface area contributed by atoms with Crippen LogP contribution in [0.1, 0.15) is 12.0 Å². The maximum atomic E-state index is 2.67. The lowest BCUT2D eigenvalue weighted by atomic mass is 10.1. The normalized spacial score (nSPS) is 25.5. The molecule has 2 aliphatic rings. The molecule has 0 saturated carbocycles. The van der Waals surface area contributed by atoms with Crippen molar-refractivity contribution in [1.82, 2.24) is 4.90 Å². The molecule has 1 unspecified atom stereocenters. The predicted molar refractivity (Wildman–Crippen MR) is 78.2 cm³/mol. The van der Waals surface area contributed by atoms with Crippen molar-refractivity contribution in [1.29, 1.82) is 0 Å². The molecule has 1 saturated heterocycles. The molecule has 1 aromatic rings. The molecule has 1 atom stereocenters. The lowest BCUT2D eigenvalue weighted by molar-refractivity contribution is 0.296. The predicted octanol–water partition coefficient (Wildman–Crippen LogP) is 3.14. The van der Waals surface area contributed by atoms with E-state index in [0.29, 0.717) is 0 Å². The highest BCUT2D eigenvalue weighted by atomic mass is 32.2. The van der Waals surface area contributed by atoms with Gasteiger partial charge in [0.25, 0.3) is 0 Å². The van der Waals surface area contributed by atoms with Gasteiger partial charge in [-0.2, -0.15) is 11.8 Å². The van der Waals surface area contributed by atoms with Crippen molar-refractivity contribution in [3.8, 4) is 0 Å². The van der Waals surface area contributed by atoms with Crippen LogP contribution < -0.4 is 0 Å².